The highest BCUT2D eigenvalue weighted by atomic mass is 28.3. The quantitative estimate of drug-likeness (QED) is 0.361. The molecule has 0 aliphatic carbocycles. The van der Waals surface area contributed by atoms with Crippen LogP contribution in [0.2, 0.25) is 19.6 Å². The molecule has 0 unspecified atom stereocenters. The van der Waals surface area contributed by atoms with Crippen LogP contribution in [0.25, 0.3) is 0 Å². The molecular formula is C13H12F6Si. The van der Waals surface area contributed by atoms with Gasteiger partial charge in [0.1, 0.15) is 8.07 Å². The van der Waals surface area contributed by atoms with E-state index in [0.29, 0.717) is 6.07 Å². The van der Waals surface area contributed by atoms with Gasteiger partial charge in [-0.2, -0.15) is 26.3 Å². The van der Waals surface area contributed by atoms with Crippen LogP contribution >= 0.6 is 0 Å². The first-order valence-electron chi connectivity index (χ1n) is 5.62. The molecule has 0 atom stereocenters. The van der Waals surface area contributed by atoms with Gasteiger partial charge >= 0.3 is 12.4 Å². The highest BCUT2D eigenvalue weighted by Crippen LogP contribution is 2.37. The fraction of sp³-hybridized carbons (Fsp3) is 0.385. The van der Waals surface area contributed by atoms with Crippen LogP contribution < -0.4 is 0 Å². The Morgan fingerprint density at radius 3 is 1.85 bits per heavy atom. The fourth-order valence-electron chi connectivity index (χ4n) is 1.32. The first kappa shape index (κ1) is 16.6. The van der Waals surface area contributed by atoms with Gasteiger partial charge in [0.15, 0.2) is 0 Å². The fourth-order valence-corrected chi connectivity index (χ4v) is 1.83. The Bertz CT molecular complexity index is 551. The summed E-state index contributed by atoms with van der Waals surface area (Å²) in [6.45, 7) is 5.49. The maximum Gasteiger partial charge on any atom is 0.417 e. The SMILES string of the molecule is C[Si](C)(C)C#Cc1ccc(C(F)(F)F)cc1C(F)(F)F. The Morgan fingerprint density at radius 1 is 0.900 bits per heavy atom. The summed E-state index contributed by atoms with van der Waals surface area (Å²) >= 11 is 0. The molecule has 20 heavy (non-hydrogen) atoms. The summed E-state index contributed by atoms with van der Waals surface area (Å²) in [7, 11) is -1.92. The van der Waals surface area contributed by atoms with E-state index >= 15 is 0 Å². The highest BCUT2D eigenvalue weighted by molar-refractivity contribution is 6.83. The molecule has 0 amide bonds. The van der Waals surface area contributed by atoms with Crippen molar-refractivity contribution < 1.29 is 26.3 Å². The number of benzene rings is 1. The molecule has 0 heterocycles. The Kier molecular flexibility index (Phi) is 4.30. The minimum absolute atomic E-state index is 0.105. The van der Waals surface area contributed by atoms with Crippen LogP contribution in [0.15, 0.2) is 18.2 Å². The van der Waals surface area contributed by atoms with Gasteiger partial charge in [-0.25, -0.2) is 0 Å². The summed E-state index contributed by atoms with van der Waals surface area (Å²) in [5, 5.41) is 0. The summed E-state index contributed by atoms with van der Waals surface area (Å²) < 4.78 is 75.8. The van der Waals surface area contributed by atoms with Gasteiger partial charge in [0, 0.05) is 5.56 Å². The Balaban J connectivity index is 3.43. The second kappa shape index (κ2) is 5.17. The predicted octanol–water partition coefficient (Wildman–Crippen LogP) is 4.95. The van der Waals surface area contributed by atoms with E-state index in [2.05, 4.69) is 11.5 Å². The van der Waals surface area contributed by atoms with Crippen molar-refractivity contribution in [3.63, 3.8) is 0 Å². The summed E-state index contributed by atoms with van der Waals surface area (Å²) in [5.41, 5.74) is -0.386. The summed E-state index contributed by atoms with van der Waals surface area (Å²) in [4.78, 5) is 0. The molecule has 1 aromatic rings. The zero-order valence-electron chi connectivity index (χ0n) is 11.0. The largest absolute Gasteiger partial charge is 0.417 e. The lowest BCUT2D eigenvalue weighted by atomic mass is 10.0. The van der Waals surface area contributed by atoms with E-state index in [-0.39, 0.29) is 6.07 Å². The van der Waals surface area contributed by atoms with Crippen LogP contribution in [0, 0.1) is 11.5 Å². The number of hydrogen-bond acceptors (Lipinski definition) is 0. The molecule has 0 saturated heterocycles. The molecule has 0 aliphatic rings. The number of halogens is 6. The second-order valence-electron chi connectivity index (χ2n) is 5.26. The normalized spacial score (nSPS) is 12.8. The minimum Gasteiger partial charge on any atom is -0.166 e. The molecule has 7 heteroatoms. The zero-order valence-corrected chi connectivity index (χ0v) is 12.0. The van der Waals surface area contributed by atoms with E-state index in [1.807, 2.05) is 19.6 Å². The lowest BCUT2D eigenvalue weighted by Gasteiger charge is -2.13. The molecule has 0 spiro atoms. The van der Waals surface area contributed by atoms with Crippen molar-refractivity contribution in [3.8, 4) is 11.5 Å². The van der Waals surface area contributed by atoms with Gasteiger partial charge in [-0.05, 0) is 18.2 Å². The maximum absolute atomic E-state index is 12.8. The van der Waals surface area contributed by atoms with Crippen LogP contribution in [-0.2, 0) is 12.4 Å². The van der Waals surface area contributed by atoms with Crippen LogP contribution in [0.3, 0.4) is 0 Å². The van der Waals surface area contributed by atoms with Crippen molar-refractivity contribution in [2.24, 2.45) is 0 Å². The third-order valence-electron chi connectivity index (χ3n) is 2.22. The second-order valence-corrected chi connectivity index (χ2v) is 10.0. The van der Waals surface area contributed by atoms with E-state index in [1.54, 1.807) is 0 Å². The maximum atomic E-state index is 12.8. The van der Waals surface area contributed by atoms with Gasteiger partial charge in [0.05, 0.1) is 11.1 Å². The Labute approximate surface area is 113 Å². The molecule has 1 rings (SSSR count). The molecule has 0 radical (unpaired) electrons. The van der Waals surface area contributed by atoms with E-state index in [1.165, 1.54) is 0 Å². The smallest absolute Gasteiger partial charge is 0.166 e. The molecule has 0 saturated carbocycles. The summed E-state index contributed by atoms with van der Waals surface area (Å²) in [6, 6.07) is 1.50. The van der Waals surface area contributed by atoms with Gasteiger partial charge in [-0.1, -0.05) is 25.6 Å². The molecule has 110 valence electrons. The first-order valence-corrected chi connectivity index (χ1v) is 9.12. The van der Waals surface area contributed by atoms with Gasteiger partial charge in [-0.15, -0.1) is 5.54 Å². The van der Waals surface area contributed by atoms with Crippen LogP contribution in [-0.4, -0.2) is 8.07 Å². The van der Waals surface area contributed by atoms with Crippen molar-refractivity contribution in [2.75, 3.05) is 0 Å². The van der Waals surface area contributed by atoms with Gasteiger partial charge in [0.2, 0.25) is 0 Å². The van der Waals surface area contributed by atoms with Crippen LogP contribution in [0.1, 0.15) is 16.7 Å². The van der Waals surface area contributed by atoms with Crippen molar-refractivity contribution >= 4 is 8.07 Å². The zero-order chi connectivity index (χ0) is 15.8. The molecule has 0 N–H and O–H groups in total. The average molecular weight is 310 g/mol. The third kappa shape index (κ3) is 4.60. The lowest BCUT2D eigenvalue weighted by Crippen LogP contribution is -2.17. The van der Waals surface area contributed by atoms with E-state index in [4.69, 9.17) is 0 Å². The van der Waals surface area contributed by atoms with Crippen molar-refractivity contribution in [2.45, 2.75) is 32.0 Å². The molecule has 1 aromatic carbocycles. The van der Waals surface area contributed by atoms with Gasteiger partial charge < -0.3 is 0 Å². The lowest BCUT2D eigenvalue weighted by molar-refractivity contribution is -0.143. The molecule has 0 bridgehead atoms. The minimum atomic E-state index is -4.87. The Morgan fingerprint density at radius 2 is 1.45 bits per heavy atom. The van der Waals surface area contributed by atoms with E-state index < -0.39 is 37.1 Å². The van der Waals surface area contributed by atoms with Crippen molar-refractivity contribution in [3.05, 3.63) is 34.9 Å². The standard InChI is InChI=1S/C13H12F6Si/c1-20(2,3)7-6-9-4-5-10(12(14,15)16)8-11(9)13(17,18)19/h4-5,8H,1-3H3. The Hall–Kier alpha value is -1.42. The number of hydrogen-bond donors (Lipinski definition) is 0. The highest BCUT2D eigenvalue weighted by Gasteiger charge is 2.37. The van der Waals surface area contributed by atoms with E-state index in [0.717, 1.165) is 6.07 Å². The van der Waals surface area contributed by atoms with Gasteiger partial charge in [0.25, 0.3) is 0 Å². The molecular weight excluding hydrogens is 298 g/mol. The third-order valence-corrected chi connectivity index (χ3v) is 3.10. The molecule has 0 nitrogen and oxygen atoms in total. The first-order chi connectivity index (χ1) is 8.81. The predicted molar refractivity (Wildman–Crippen MR) is 66.7 cm³/mol. The number of rotatable bonds is 0. The number of alkyl halides is 6. The summed E-state index contributed by atoms with van der Waals surface area (Å²) in [5.74, 6) is 2.36. The van der Waals surface area contributed by atoms with Crippen LogP contribution in [0.5, 0.6) is 0 Å². The van der Waals surface area contributed by atoms with Crippen molar-refractivity contribution in [1.82, 2.24) is 0 Å². The van der Waals surface area contributed by atoms with Crippen molar-refractivity contribution in [1.29, 1.82) is 0 Å². The topological polar surface area (TPSA) is 0 Å². The van der Waals surface area contributed by atoms with Gasteiger partial charge in [-0.3, -0.25) is 0 Å². The monoisotopic (exact) mass is 310 g/mol. The summed E-state index contributed by atoms with van der Waals surface area (Å²) in [6.07, 6.45) is -9.69. The molecule has 0 aromatic heterocycles. The van der Waals surface area contributed by atoms with Crippen LogP contribution in [0.4, 0.5) is 26.3 Å². The molecule has 0 aliphatic heterocycles. The average Bonchev–Trinajstić information content (AvgIpc) is 2.22. The molecule has 0 fully saturated rings. The van der Waals surface area contributed by atoms with E-state index in [9.17, 15) is 26.3 Å².